The van der Waals surface area contributed by atoms with E-state index in [2.05, 4.69) is 20.1 Å². The molecule has 1 unspecified atom stereocenters. The van der Waals surface area contributed by atoms with Crippen molar-refractivity contribution in [1.29, 1.82) is 0 Å². The van der Waals surface area contributed by atoms with E-state index in [0.29, 0.717) is 53.9 Å². The lowest BCUT2D eigenvalue weighted by Crippen LogP contribution is -2.60. The zero-order valence-corrected chi connectivity index (χ0v) is 30.2. The van der Waals surface area contributed by atoms with Crippen LogP contribution in [0.3, 0.4) is 0 Å². The molecule has 4 rings (SSSR count). The van der Waals surface area contributed by atoms with Gasteiger partial charge in [-0.15, -0.1) is 0 Å². The van der Waals surface area contributed by atoms with Crippen LogP contribution in [-0.4, -0.2) is 63.4 Å². The number of benzene rings is 3. The second kappa shape index (κ2) is 19.4. The Bertz CT molecular complexity index is 1790. The van der Waals surface area contributed by atoms with Crippen LogP contribution >= 0.6 is 0 Å². The Labute approximate surface area is 306 Å². The number of ether oxygens (including phenoxy) is 2. The number of unbranched alkanes of at least 4 members (excludes halogenated alkanes) is 1. The fourth-order valence-corrected chi connectivity index (χ4v) is 6.14. The summed E-state index contributed by atoms with van der Waals surface area (Å²) in [6, 6.07) is 19.0. The second-order valence-corrected chi connectivity index (χ2v) is 13.0. The molecule has 0 saturated carbocycles. The van der Waals surface area contributed by atoms with Crippen LogP contribution in [0, 0.1) is 44.1 Å². The predicted molar refractivity (Wildman–Crippen MR) is 187 cm³/mol. The molecule has 0 saturated heterocycles. The molecule has 0 aliphatic carbocycles. The van der Waals surface area contributed by atoms with Crippen LogP contribution in [0.2, 0.25) is 0 Å². The highest BCUT2D eigenvalue weighted by Gasteiger charge is 2.50. The molecule has 1 heterocycles. The summed E-state index contributed by atoms with van der Waals surface area (Å²) in [6.45, 7) is 6.96. The standard InChI is InChI=1S/C39H45F3N4O7/c1-25(24-52-46(49)50)12-10-11-19-51-37(48)36(53-38-44-27(3)20-28(4)45-38)39(29-14-6-5-7-15-29,33-16-9-8-13-26(33)2)43-23-31(47)17-18-32-34(41)21-30(40)22-35(32)42/h5-9,13-16,20-22,25,36,43,49-50H,10-12,17-19,23-24H2,1-4H3/t25?,36-,39+/m1/s1. The molecular formula is C39H45F3N4O7. The molecule has 0 radical (unpaired) electrons. The maximum Gasteiger partial charge on any atom is 0.350 e. The average molecular weight is 739 g/mol. The number of aryl methyl sites for hydroxylation is 3. The van der Waals surface area contributed by atoms with E-state index in [1.807, 2.05) is 26.0 Å². The first-order valence-electron chi connectivity index (χ1n) is 17.3. The molecule has 3 N–H and O–H groups in total. The average Bonchev–Trinajstić information content (AvgIpc) is 3.10. The van der Waals surface area contributed by atoms with Crippen molar-refractivity contribution in [1.82, 2.24) is 20.7 Å². The van der Waals surface area contributed by atoms with Gasteiger partial charge in [-0.3, -0.25) is 25.4 Å². The van der Waals surface area contributed by atoms with E-state index < -0.39 is 46.4 Å². The zero-order valence-electron chi connectivity index (χ0n) is 30.2. The topological polar surface area (TPSA) is 143 Å². The number of carbonyl (C=O) groups excluding carboxylic acids is 2. The van der Waals surface area contributed by atoms with E-state index in [4.69, 9.17) is 19.9 Å². The van der Waals surface area contributed by atoms with Crippen molar-refractivity contribution < 1.29 is 47.5 Å². The molecule has 0 amide bonds. The Morgan fingerprint density at radius 2 is 1.55 bits per heavy atom. The third-order valence-corrected chi connectivity index (χ3v) is 8.73. The molecule has 53 heavy (non-hydrogen) atoms. The number of rotatable bonds is 20. The number of Topliss-reactive ketones (excluding diaryl/α,β-unsaturated/α-hetero) is 1. The number of esters is 1. The molecule has 0 bridgehead atoms. The zero-order chi connectivity index (χ0) is 38.5. The number of ketones is 1. The number of halogens is 3. The van der Waals surface area contributed by atoms with E-state index in [0.717, 1.165) is 5.56 Å². The van der Waals surface area contributed by atoms with E-state index in [1.165, 1.54) is 0 Å². The number of nitrogens with one attached hydrogen (secondary N) is 1. The van der Waals surface area contributed by atoms with Crippen LogP contribution in [0.5, 0.6) is 6.01 Å². The summed E-state index contributed by atoms with van der Waals surface area (Å²) in [5, 5.41) is 20.6. The van der Waals surface area contributed by atoms with Crippen LogP contribution in [0.25, 0.3) is 0 Å². The van der Waals surface area contributed by atoms with E-state index in [1.54, 1.807) is 62.4 Å². The number of hydrogen-bond acceptors (Lipinski definition) is 11. The molecule has 14 heteroatoms. The monoisotopic (exact) mass is 738 g/mol. The third kappa shape index (κ3) is 11.4. The Hall–Kier alpha value is -4.73. The van der Waals surface area contributed by atoms with Crippen molar-refractivity contribution in [3.63, 3.8) is 0 Å². The van der Waals surface area contributed by atoms with Gasteiger partial charge in [0.1, 0.15) is 28.8 Å². The van der Waals surface area contributed by atoms with Gasteiger partial charge in [0.25, 0.3) is 0 Å². The first-order valence-corrected chi connectivity index (χ1v) is 17.3. The number of hydrogen-bond donors (Lipinski definition) is 3. The molecule has 4 aromatic rings. The number of aromatic nitrogens is 2. The minimum absolute atomic E-state index is 0.0124. The van der Waals surface area contributed by atoms with Crippen LogP contribution in [-0.2, 0) is 31.1 Å². The Balaban J connectivity index is 1.71. The van der Waals surface area contributed by atoms with Crippen molar-refractivity contribution in [2.24, 2.45) is 5.92 Å². The van der Waals surface area contributed by atoms with Crippen molar-refractivity contribution in [3.8, 4) is 6.01 Å². The smallest absolute Gasteiger partial charge is 0.350 e. The summed E-state index contributed by atoms with van der Waals surface area (Å²) in [5.74, 6) is -4.47. The fraction of sp³-hybridized carbons (Fsp3) is 0.385. The van der Waals surface area contributed by atoms with Gasteiger partial charge in [-0.2, -0.15) is 0 Å². The van der Waals surface area contributed by atoms with Crippen LogP contribution in [0.4, 0.5) is 13.2 Å². The molecule has 0 spiro atoms. The molecule has 3 atom stereocenters. The van der Waals surface area contributed by atoms with Crippen molar-refractivity contribution in [3.05, 3.63) is 124 Å². The molecule has 0 aliphatic heterocycles. The first-order chi connectivity index (χ1) is 25.3. The lowest BCUT2D eigenvalue weighted by Gasteiger charge is -2.41. The third-order valence-electron chi connectivity index (χ3n) is 8.73. The highest BCUT2D eigenvalue weighted by molar-refractivity contribution is 5.82. The molecule has 284 valence electrons. The van der Waals surface area contributed by atoms with Gasteiger partial charge < -0.3 is 9.47 Å². The van der Waals surface area contributed by atoms with Gasteiger partial charge in [0.15, 0.2) is 0 Å². The molecule has 0 aliphatic rings. The summed E-state index contributed by atoms with van der Waals surface area (Å²) in [7, 11) is 0. The number of nitrogens with zero attached hydrogens (tertiary/aromatic N) is 3. The fourth-order valence-electron chi connectivity index (χ4n) is 6.14. The maximum absolute atomic E-state index is 14.4. The quantitative estimate of drug-likeness (QED) is 0.0509. The predicted octanol–water partition coefficient (Wildman–Crippen LogP) is 6.66. The summed E-state index contributed by atoms with van der Waals surface area (Å²) < 4.78 is 54.7. The van der Waals surface area contributed by atoms with Crippen LogP contribution < -0.4 is 10.1 Å². The normalized spacial score (nSPS) is 13.7. The van der Waals surface area contributed by atoms with Gasteiger partial charge in [-0.25, -0.2) is 27.9 Å². The Morgan fingerprint density at radius 1 is 0.906 bits per heavy atom. The lowest BCUT2D eigenvalue weighted by molar-refractivity contribution is -0.494. The molecular weight excluding hydrogens is 693 g/mol. The van der Waals surface area contributed by atoms with Gasteiger partial charge in [-0.05, 0) is 75.1 Å². The maximum atomic E-state index is 14.4. The van der Waals surface area contributed by atoms with Crippen molar-refractivity contribution in [2.75, 3.05) is 19.8 Å². The molecule has 11 nitrogen and oxygen atoms in total. The molecule has 1 aromatic heterocycles. The highest BCUT2D eigenvalue weighted by Crippen LogP contribution is 2.38. The number of carbonyl (C=O) groups is 2. The summed E-state index contributed by atoms with van der Waals surface area (Å²) in [5.41, 5.74) is 1.04. The first kappa shape index (κ1) is 41.0. The van der Waals surface area contributed by atoms with Crippen LogP contribution in [0.1, 0.15) is 66.2 Å². The van der Waals surface area contributed by atoms with E-state index in [9.17, 15) is 22.8 Å². The summed E-state index contributed by atoms with van der Waals surface area (Å²) in [6.07, 6.45) is -0.379. The van der Waals surface area contributed by atoms with Gasteiger partial charge in [0.05, 0.1) is 25.1 Å². The molecule has 0 fully saturated rings. The van der Waals surface area contributed by atoms with Crippen molar-refractivity contribution in [2.45, 2.75) is 71.4 Å². The largest absolute Gasteiger partial charge is 0.463 e. The highest BCUT2D eigenvalue weighted by atomic mass is 19.1. The lowest BCUT2D eigenvalue weighted by atomic mass is 9.76. The Kier molecular flexibility index (Phi) is 15.0. The molecule has 3 aromatic carbocycles. The van der Waals surface area contributed by atoms with Gasteiger partial charge in [0.2, 0.25) is 6.10 Å². The van der Waals surface area contributed by atoms with E-state index >= 15 is 0 Å². The second-order valence-electron chi connectivity index (χ2n) is 13.0. The van der Waals surface area contributed by atoms with Gasteiger partial charge in [-0.1, -0.05) is 61.5 Å². The van der Waals surface area contributed by atoms with Gasteiger partial charge >= 0.3 is 12.0 Å². The SMILES string of the molecule is Cc1cc(C)nc(O[C@H](C(=O)OCCCCC(C)CON(O)O)[C@](NCC(=O)CCc2c(F)cc(F)cc2F)(c2ccccc2)c2ccccc2C)n1. The summed E-state index contributed by atoms with van der Waals surface area (Å²) in [4.78, 5) is 41.5. The Morgan fingerprint density at radius 3 is 2.19 bits per heavy atom. The van der Waals surface area contributed by atoms with Gasteiger partial charge in [0, 0.05) is 35.5 Å². The van der Waals surface area contributed by atoms with E-state index in [-0.39, 0.29) is 49.9 Å². The minimum Gasteiger partial charge on any atom is -0.463 e. The van der Waals surface area contributed by atoms with Crippen LogP contribution in [0.15, 0.2) is 72.8 Å². The summed E-state index contributed by atoms with van der Waals surface area (Å²) >= 11 is 0. The van der Waals surface area contributed by atoms with Crippen molar-refractivity contribution >= 4 is 11.8 Å². The minimum atomic E-state index is -1.60.